The number of anilines is 6. The van der Waals surface area contributed by atoms with E-state index in [1.54, 1.807) is 0 Å². The molecule has 0 amide bonds. The van der Waals surface area contributed by atoms with Crippen molar-refractivity contribution in [2.75, 3.05) is 9.80 Å². The molecule has 0 atom stereocenters. The highest BCUT2D eigenvalue weighted by Crippen LogP contribution is 2.55. The fourth-order valence-electron chi connectivity index (χ4n) is 15.4. The van der Waals surface area contributed by atoms with Crippen LogP contribution in [0.1, 0.15) is 63.8 Å². The topological polar surface area (TPSA) is 16.3 Å². The molecule has 2 aromatic heterocycles. The summed E-state index contributed by atoms with van der Waals surface area (Å²) < 4.78 is 5.00. The van der Waals surface area contributed by atoms with Crippen LogP contribution in [-0.4, -0.2) is 15.8 Å². The van der Waals surface area contributed by atoms with Crippen molar-refractivity contribution in [1.29, 1.82) is 0 Å². The molecule has 0 fully saturated rings. The summed E-state index contributed by atoms with van der Waals surface area (Å²) in [6, 6.07) is 108. The second-order valence-corrected chi connectivity index (χ2v) is 27.9. The van der Waals surface area contributed by atoms with Crippen LogP contribution >= 0.6 is 0 Å². The van der Waals surface area contributed by atoms with Gasteiger partial charge in [0.1, 0.15) is 0 Å². The Balaban J connectivity index is 1.04. The molecule has 0 saturated carbocycles. The average Bonchev–Trinajstić information content (AvgIpc) is 1.14. The third-order valence-corrected chi connectivity index (χ3v) is 19.9. The third-order valence-electron chi connectivity index (χ3n) is 19.9. The second kappa shape index (κ2) is 21.4. The molecular weight excluding hydrogens is 1120 g/mol. The van der Waals surface area contributed by atoms with Crippen LogP contribution < -0.4 is 26.2 Å². The van der Waals surface area contributed by atoms with Gasteiger partial charge in [-0.3, -0.25) is 0 Å². The molecule has 2 aliphatic rings. The maximum Gasteiger partial charge on any atom is 0.252 e. The Labute approximate surface area is 546 Å². The predicted molar refractivity (Wildman–Crippen MR) is 398 cm³/mol. The largest absolute Gasteiger partial charge is 0.310 e. The van der Waals surface area contributed by atoms with Crippen molar-refractivity contribution in [3.05, 3.63) is 307 Å². The summed E-state index contributed by atoms with van der Waals surface area (Å²) in [5.41, 5.74) is 31.6. The van der Waals surface area contributed by atoms with Gasteiger partial charge in [-0.1, -0.05) is 241 Å². The second-order valence-electron chi connectivity index (χ2n) is 27.9. The standard InChI is InChI=1S/C88H71BN4/c1-56-40-46-78-72(48-56)73-49-57(2)41-47-79(73)91(78)65-43-45-75-83(55-65)93(86-70(60-30-17-11-18-31-60)52-63(88(6,7)8)53-71(86)61-32-19-12-20-33-61)81-39-25-38-80-84(81)89(75)74-44-42-64(90-76-36-23-21-34-66(76)67-35-22-24-37-77(67)90)54-82(74)92(80)85-68(58-26-13-9-14-27-58)50-62(87(3,4)5)51-69(85)59-28-15-10-16-29-59/h9-55H,1-8H3. The zero-order chi connectivity index (χ0) is 63.0. The molecule has 0 aliphatic carbocycles. The molecule has 0 bridgehead atoms. The van der Waals surface area contributed by atoms with Crippen LogP contribution in [-0.2, 0) is 10.8 Å². The highest BCUT2D eigenvalue weighted by Gasteiger charge is 2.46. The van der Waals surface area contributed by atoms with Gasteiger partial charge >= 0.3 is 0 Å². The third kappa shape index (κ3) is 9.03. The number of rotatable bonds is 8. The maximum absolute atomic E-state index is 2.68. The Morgan fingerprint density at radius 1 is 0.280 bits per heavy atom. The quantitative estimate of drug-likeness (QED) is 0.141. The number of aryl methyl sites for hydroxylation is 2. The summed E-state index contributed by atoms with van der Waals surface area (Å²) in [5, 5.41) is 4.99. The lowest BCUT2D eigenvalue weighted by molar-refractivity contribution is 0.590. The zero-order valence-corrected chi connectivity index (χ0v) is 54.0. The maximum atomic E-state index is 2.68. The Morgan fingerprint density at radius 2 is 0.613 bits per heavy atom. The van der Waals surface area contributed by atoms with Crippen molar-refractivity contribution in [1.82, 2.24) is 9.13 Å². The van der Waals surface area contributed by atoms with Crippen LogP contribution in [0, 0.1) is 13.8 Å². The Hall–Kier alpha value is -10.9. The summed E-state index contributed by atoms with van der Waals surface area (Å²) in [6.07, 6.45) is 0. The first kappa shape index (κ1) is 56.1. The number of aromatic nitrogens is 2. The highest BCUT2D eigenvalue weighted by molar-refractivity contribution is 7.00. The summed E-state index contributed by atoms with van der Waals surface area (Å²) >= 11 is 0. The van der Waals surface area contributed by atoms with Crippen LogP contribution in [0.15, 0.2) is 285 Å². The monoisotopic (exact) mass is 1190 g/mol. The van der Waals surface area contributed by atoms with Crippen molar-refractivity contribution < 1.29 is 0 Å². The van der Waals surface area contributed by atoms with E-state index in [2.05, 4.69) is 359 Å². The molecule has 4 nitrogen and oxygen atoms in total. The lowest BCUT2D eigenvalue weighted by Gasteiger charge is -2.46. The number of hydrogen-bond acceptors (Lipinski definition) is 2. The SMILES string of the molecule is Cc1ccc2c(c1)c1cc(C)ccc1n2-c1ccc2c(c1)N(c1c(-c3ccccc3)cc(C(C)(C)C)cc1-c1ccccc1)c1cccc3c1B2c1ccc(-n2c4ccccc4c4ccccc42)cc1N3c1c(-c2ccccc2)cc(C(C)(C)C)cc1-c1ccccc1. The minimum atomic E-state index is -0.193. The first-order valence-corrected chi connectivity index (χ1v) is 32.9. The molecule has 13 aromatic carbocycles. The van der Waals surface area contributed by atoms with Crippen LogP contribution in [0.25, 0.3) is 99.5 Å². The Bertz CT molecular complexity index is 5260. The predicted octanol–water partition coefficient (Wildman–Crippen LogP) is 21.8. The van der Waals surface area contributed by atoms with Gasteiger partial charge in [0.15, 0.2) is 0 Å². The smallest absolute Gasteiger partial charge is 0.252 e. The van der Waals surface area contributed by atoms with E-state index in [4.69, 9.17) is 0 Å². The summed E-state index contributed by atoms with van der Waals surface area (Å²) in [6.45, 7) is 18.3. The summed E-state index contributed by atoms with van der Waals surface area (Å²) in [4.78, 5) is 5.36. The average molecular weight is 1200 g/mol. The first-order chi connectivity index (χ1) is 45.2. The lowest BCUT2D eigenvalue weighted by Crippen LogP contribution is -2.61. The van der Waals surface area contributed by atoms with Gasteiger partial charge in [0.05, 0.1) is 33.4 Å². The van der Waals surface area contributed by atoms with E-state index < -0.39 is 0 Å². The molecule has 0 unspecified atom stereocenters. The van der Waals surface area contributed by atoms with Crippen molar-refractivity contribution in [3.8, 4) is 55.9 Å². The first-order valence-electron chi connectivity index (χ1n) is 32.9. The fourth-order valence-corrected chi connectivity index (χ4v) is 15.4. The molecule has 0 spiro atoms. The molecule has 0 radical (unpaired) electrons. The van der Waals surface area contributed by atoms with E-state index in [9.17, 15) is 0 Å². The van der Waals surface area contributed by atoms with Crippen LogP contribution in [0.2, 0.25) is 0 Å². The van der Waals surface area contributed by atoms with Crippen molar-refractivity contribution in [3.63, 3.8) is 0 Å². The number of hydrogen-bond donors (Lipinski definition) is 0. The van der Waals surface area contributed by atoms with Gasteiger partial charge in [0.25, 0.3) is 6.71 Å². The minimum Gasteiger partial charge on any atom is -0.310 e. The minimum absolute atomic E-state index is 0.165. The van der Waals surface area contributed by atoms with E-state index in [1.165, 1.54) is 105 Å². The zero-order valence-electron chi connectivity index (χ0n) is 54.0. The van der Waals surface area contributed by atoms with Gasteiger partial charge in [-0.15, -0.1) is 0 Å². The Kier molecular flexibility index (Phi) is 12.9. The van der Waals surface area contributed by atoms with E-state index in [0.29, 0.717) is 0 Å². The van der Waals surface area contributed by atoms with E-state index in [1.807, 2.05) is 0 Å². The Morgan fingerprint density at radius 3 is 0.968 bits per heavy atom. The summed E-state index contributed by atoms with van der Waals surface area (Å²) in [5.74, 6) is 0. The van der Waals surface area contributed by atoms with Crippen LogP contribution in [0.3, 0.4) is 0 Å². The molecule has 446 valence electrons. The molecule has 5 heteroatoms. The van der Waals surface area contributed by atoms with Gasteiger partial charge in [-0.25, -0.2) is 0 Å². The molecule has 0 N–H and O–H groups in total. The molecule has 4 heterocycles. The van der Waals surface area contributed by atoms with Gasteiger partial charge in [0, 0.05) is 77.9 Å². The lowest BCUT2D eigenvalue weighted by atomic mass is 9.33. The molecular formula is C88H71BN4. The molecule has 15 aromatic rings. The van der Waals surface area contributed by atoms with E-state index in [0.717, 1.165) is 67.8 Å². The van der Waals surface area contributed by atoms with Crippen LogP contribution in [0.5, 0.6) is 0 Å². The number of fused-ring (bicyclic) bond motifs is 10. The van der Waals surface area contributed by atoms with Gasteiger partial charge in [-0.05, 0) is 172 Å². The molecule has 17 rings (SSSR count). The normalized spacial score (nSPS) is 12.9. The molecule has 93 heavy (non-hydrogen) atoms. The number of benzene rings is 13. The van der Waals surface area contributed by atoms with Gasteiger partial charge < -0.3 is 18.9 Å². The van der Waals surface area contributed by atoms with Gasteiger partial charge in [0.2, 0.25) is 0 Å². The molecule has 2 aliphatic heterocycles. The van der Waals surface area contributed by atoms with Crippen LogP contribution in [0.4, 0.5) is 34.1 Å². The highest BCUT2D eigenvalue weighted by atomic mass is 15.2. The van der Waals surface area contributed by atoms with E-state index >= 15 is 0 Å². The van der Waals surface area contributed by atoms with Crippen molar-refractivity contribution in [2.45, 2.75) is 66.2 Å². The van der Waals surface area contributed by atoms with E-state index in [-0.39, 0.29) is 17.5 Å². The number of nitrogens with zero attached hydrogens (tertiary/aromatic N) is 4. The number of para-hydroxylation sites is 2. The van der Waals surface area contributed by atoms with Gasteiger partial charge in [-0.2, -0.15) is 0 Å². The molecule has 0 saturated heterocycles. The fraction of sp³-hybridized carbons (Fsp3) is 0.114. The van der Waals surface area contributed by atoms with Crippen molar-refractivity contribution >= 4 is 101 Å². The van der Waals surface area contributed by atoms with Crippen molar-refractivity contribution in [2.24, 2.45) is 0 Å². The summed E-state index contributed by atoms with van der Waals surface area (Å²) in [7, 11) is 0.